The van der Waals surface area contributed by atoms with Gasteiger partial charge < -0.3 is 14.6 Å². The molecule has 0 spiro atoms. The first-order valence-electron chi connectivity index (χ1n) is 8.45. The summed E-state index contributed by atoms with van der Waals surface area (Å²) in [6.45, 7) is 13.9. The molecule has 150 valence electrons. The van der Waals surface area contributed by atoms with Crippen molar-refractivity contribution in [1.29, 1.82) is 0 Å². The van der Waals surface area contributed by atoms with E-state index in [2.05, 4.69) is 0 Å². The molecule has 0 unspecified atom stereocenters. The smallest absolute Gasteiger partial charge is 0.421 e. The van der Waals surface area contributed by atoms with Gasteiger partial charge in [-0.15, -0.1) is 0 Å². The van der Waals surface area contributed by atoms with Crippen LogP contribution in [0, 0.1) is 0 Å². The Hall–Kier alpha value is -1.87. The fourth-order valence-corrected chi connectivity index (χ4v) is 2.39. The number of aliphatic hydroxyl groups is 1. The number of rotatable bonds is 3. The average molecular weight is 374 g/mol. The van der Waals surface area contributed by atoms with Crippen molar-refractivity contribution < 1.29 is 33.8 Å². The third-order valence-electron chi connectivity index (χ3n) is 3.74. The number of amides is 3. The first kappa shape index (κ1) is 22.2. The zero-order chi connectivity index (χ0) is 20.7. The minimum Gasteiger partial charge on any atom is -0.464 e. The number of urea groups is 1. The third-order valence-corrected chi connectivity index (χ3v) is 3.74. The van der Waals surface area contributed by atoms with Crippen molar-refractivity contribution in [1.82, 2.24) is 9.96 Å². The van der Waals surface area contributed by atoms with Crippen LogP contribution in [0.2, 0.25) is 0 Å². The van der Waals surface area contributed by atoms with Gasteiger partial charge in [0.2, 0.25) is 5.54 Å². The van der Waals surface area contributed by atoms with Crippen LogP contribution < -0.4 is 0 Å². The lowest BCUT2D eigenvalue weighted by atomic mass is 9.90. The van der Waals surface area contributed by atoms with E-state index in [0.717, 1.165) is 6.92 Å². The summed E-state index contributed by atoms with van der Waals surface area (Å²) in [6, 6.07) is -1.02. The van der Waals surface area contributed by atoms with E-state index in [9.17, 15) is 19.5 Å². The Morgan fingerprint density at radius 2 is 1.58 bits per heavy atom. The number of ether oxygens (including phenoxy) is 2. The molecule has 0 radical (unpaired) electrons. The Kier molecular flexibility index (Phi) is 5.71. The summed E-state index contributed by atoms with van der Waals surface area (Å²) in [4.78, 5) is 44.2. The van der Waals surface area contributed by atoms with E-state index in [1.54, 1.807) is 48.5 Å². The highest BCUT2D eigenvalue weighted by molar-refractivity contribution is 6.00. The van der Waals surface area contributed by atoms with Crippen LogP contribution in [0.15, 0.2) is 0 Å². The van der Waals surface area contributed by atoms with Crippen molar-refractivity contribution in [3.63, 3.8) is 0 Å². The Labute approximate surface area is 154 Å². The van der Waals surface area contributed by atoms with Crippen LogP contribution >= 0.6 is 0 Å². The normalized spacial score (nSPS) is 26.9. The van der Waals surface area contributed by atoms with E-state index in [1.807, 2.05) is 0 Å². The monoisotopic (exact) mass is 374 g/mol. The lowest BCUT2D eigenvalue weighted by molar-refractivity contribution is -0.256. The van der Waals surface area contributed by atoms with E-state index in [4.69, 9.17) is 14.3 Å². The van der Waals surface area contributed by atoms with Gasteiger partial charge in [-0.25, -0.2) is 14.4 Å². The molecule has 1 N–H and O–H groups in total. The van der Waals surface area contributed by atoms with Gasteiger partial charge in [-0.1, -0.05) is 0 Å². The van der Waals surface area contributed by atoms with Crippen molar-refractivity contribution in [2.45, 2.75) is 84.8 Å². The van der Waals surface area contributed by atoms with E-state index < -0.39 is 40.6 Å². The molecule has 9 nitrogen and oxygen atoms in total. The standard InChI is InChI=1S/C17H30N2O7/c1-10-24-11(20)16(8)17(9,23)18(13(22)25-14(2,3)4)12(21)19(16)26-15(5,6)7/h23H,10H2,1-9H3/t16-,17+/m1/s1. The highest BCUT2D eigenvalue weighted by Gasteiger charge is 2.71. The highest BCUT2D eigenvalue weighted by atomic mass is 16.7. The van der Waals surface area contributed by atoms with Crippen molar-refractivity contribution >= 4 is 18.1 Å². The first-order valence-corrected chi connectivity index (χ1v) is 8.45. The predicted octanol–water partition coefficient (Wildman–Crippen LogP) is 2.42. The van der Waals surface area contributed by atoms with Gasteiger partial charge in [0.25, 0.3) is 0 Å². The second-order valence-electron chi connectivity index (χ2n) is 8.41. The molecule has 9 heteroatoms. The van der Waals surface area contributed by atoms with Crippen LogP contribution in [0.4, 0.5) is 9.59 Å². The maximum Gasteiger partial charge on any atom is 0.421 e. The van der Waals surface area contributed by atoms with Crippen LogP contribution in [0.25, 0.3) is 0 Å². The zero-order valence-corrected chi connectivity index (χ0v) is 17.0. The highest BCUT2D eigenvalue weighted by Crippen LogP contribution is 2.43. The Morgan fingerprint density at radius 3 is 1.96 bits per heavy atom. The Bertz CT molecular complexity index is 589. The number of hydroxylamine groups is 2. The van der Waals surface area contributed by atoms with Crippen LogP contribution in [0.3, 0.4) is 0 Å². The molecular weight excluding hydrogens is 344 g/mol. The molecule has 0 aromatic carbocycles. The van der Waals surface area contributed by atoms with Crippen LogP contribution in [-0.4, -0.2) is 62.2 Å². The average Bonchev–Trinajstić information content (AvgIpc) is 2.54. The number of carbonyl (C=O) groups excluding carboxylic acids is 3. The molecule has 1 heterocycles. The molecule has 1 aliphatic rings. The van der Waals surface area contributed by atoms with E-state index >= 15 is 0 Å². The lowest BCUT2D eigenvalue weighted by Crippen LogP contribution is -2.64. The molecule has 0 saturated carbocycles. The zero-order valence-electron chi connectivity index (χ0n) is 17.0. The molecule has 0 bridgehead atoms. The van der Waals surface area contributed by atoms with Crippen LogP contribution in [-0.2, 0) is 19.1 Å². The maximum absolute atomic E-state index is 12.9. The quantitative estimate of drug-likeness (QED) is 0.756. The molecule has 0 aromatic rings. The largest absolute Gasteiger partial charge is 0.464 e. The lowest BCUT2D eigenvalue weighted by Gasteiger charge is -2.40. The first-order chi connectivity index (χ1) is 11.5. The fraction of sp³-hybridized carbons (Fsp3) is 0.824. The summed E-state index contributed by atoms with van der Waals surface area (Å²) in [5.41, 5.74) is -6.07. The second kappa shape index (κ2) is 6.70. The molecule has 3 amide bonds. The fourth-order valence-electron chi connectivity index (χ4n) is 2.39. The van der Waals surface area contributed by atoms with E-state index in [-0.39, 0.29) is 6.61 Å². The molecule has 1 rings (SSSR count). The Balaban J connectivity index is 3.47. The van der Waals surface area contributed by atoms with Gasteiger partial charge >= 0.3 is 18.1 Å². The summed E-state index contributed by atoms with van der Waals surface area (Å²) in [5, 5.41) is 11.7. The molecular formula is C17H30N2O7. The molecule has 1 saturated heterocycles. The van der Waals surface area contributed by atoms with Gasteiger partial charge in [-0.3, -0.25) is 4.84 Å². The second-order valence-corrected chi connectivity index (χ2v) is 8.41. The van der Waals surface area contributed by atoms with E-state index in [1.165, 1.54) is 6.92 Å². The van der Waals surface area contributed by atoms with Crippen molar-refractivity contribution in [3.05, 3.63) is 0 Å². The molecule has 0 aliphatic carbocycles. The van der Waals surface area contributed by atoms with Gasteiger partial charge in [0.05, 0.1) is 12.2 Å². The predicted molar refractivity (Wildman–Crippen MR) is 91.8 cm³/mol. The van der Waals surface area contributed by atoms with Gasteiger partial charge in [-0.05, 0) is 62.3 Å². The van der Waals surface area contributed by atoms with Gasteiger partial charge in [0.1, 0.15) is 5.60 Å². The van der Waals surface area contributed by atoms with Crippen LogP contribution in [0.5, 0.6) is 0 Å². The van der Waals surface area contributed by atoms with E-state index in [0.29, 0.717) is 9.96 Å². The van der Waals surface area contributed by atoms with Crippen LogP contribution in [0.1, 0.15) is 62.3 Å². The summed E-state index contributed by atoms with van der Waals surface area (Å²) < 4.78 is 10.2. The molecule has 0 aromatic heterocycles. The number of imide groups is 1. The topological polar surface area (TPSA) is 106 Å². The summed E-state index contributed by atoms with van der Waals surface area (Å²) in [7, 11) is 0. The molecule has 1 fully saturated rings. The van der Waals surface area contributed by atoms with Crippen molar-refractivity contribution in [2.75, 3.05) is 6.61 Å². The summed E-state index contributed by atoms with van der Waals surface area (Å²) >= 11 is 0. The minimum atomic E-state index is -2.27. The summed E-state index contributed by atoms with van der Waals surface area (Å²) in [5.74, 6) is -0.909. The molecule has 1 aliphatic heterocycles. The Morgan fingerprint density at radius 1 is 1.08 bits per heavy atom. The molecule has 26 heavy (non-hydrogen) atoms. The number of carbonyl (C=O) groups is 3. The SMILES string of the molecule is CCOC(=O)[C@@]1(C)N(OC(C)(C)C)C(=O)N(C(=O)OC(C)(C)C)[C@@]1(C)O. The van der Waals surface area contributed by atoms with Gasteiger partial charge in [0, 0.05) is 0 Å². The maximum atomic E-state index is 12.9. The van der Waals surface area contributed by atoms with Crippen molar-refractivity contribution in [2.24, 2.45) is 0 Å². The van der Waals surface area contributed by atoms with Crippen molar-refractivity contribution in [3.8, 4) is 0 Å². The minimum absolute atomic E-state index is 0.0223. The summed E-state index contributed by atoms with van der Waals surface area (Å²) in [6.07, 6.45) is -1.09. The number of hydrogen-bond acceptors (Lipinski definition) is 7. The van der Waals surface area contributed by atoms with Gasteiger partial charge in [0.15, 0.2) is 5.72 Å². The third kappa shape index (κ3) is 3.93. The van der Waals surface area contributed by atoms with Gasteiger partial charge in [-0.2, -0.15) is 9.96 Å². The number of hydrogen-bond donors (Lipinski definition) is 1. The number of nitrogens with zero attached hydrogens (tertiary/aromatic N) is 2. The number of esters is 1. The molecule has 2 atom stereocenters.